The summed E-state index contributed by atoms with van der Waals surface area (Å²) in [6.45, 7) is 7.92. The van der Waals surface area contributed by atoms with Gasteiger partial charge in [-0.2, -0.15) is 0 Å². The molecule has 0 aromatic carbocycles. The van der Waals surface area contributed by atoms with Crippen LogP contribution in [0.1, 0.15) is 46.5 Å². The van der Waals surface area contributed by atoms with Crippen LogP contribution in [0.4, 0.5) is 4.79 Å². The highest BCUT2D eigenvalue weighted by Crippen LogP contribution is 2.48. The van der Waals surface area contributed by atoms with Crippen LogP contribution in [0.15, 0.2) is 0 Å². The molecule has 2 amide bonds. The van der Waals surface area contributed by atoms with Crippen LogP contribution in [0.2, 0.25) is 0 Å². The standard InChI is InChI=1S/C15H26N2O3/c1-4-14(2,3)9-16-13(20)17-8-11-6-5-7-15(11,10-17)12(18)19/h11H,4-10H2,1-3H3,(H,16,20)(H,18,19)/t11-,15+/m0/s1. The Bertz CT molecular complexity index is 408. The number of rotatable bonds is 4. The van der Waals surface area contributed by atoms with Crippen LogP contribution in [-0.4, -0.2) is 41.6 Å². The minimum atomic E-state index is -0.732. The Morgan fingerprint density at radius 2 is 2.15 bits per heavy atom. The summed E-state index contributed by atoms with van der Waals surface area (Å²) in [5.74, 6) is -0.603. The number of carbonyl (C=O) groups excluding carboxylic acids is 1. The molecule has 2 aliphatic rings. The zero-order valence-electron chi connectivity index (χ0n) is 12.7. The third kappa shape index (κ3) is 2.63. The molecule has 114 valence electrons. The normalized spacial score (nSPS) is 29.4. The summed E-state index contributed by atoms with van der Waals surface area (Å²) in [5, 5.41) is 12.5. The van der Waals surface area contributed by atoms with E-state index in [2.05, 4.69) is 26.1 Å². The van der Waals surface area contributed by atoms with Crippen molar-refractivity contribution in [1.29, 1.82) is 0 Å². The molecule has 0 unspecified atom stereocenters. The van der Waals surface area contributed by atoms with E-state index in [9.17, 15) is 14.7 Å². The van der Waals surface area contributed by atoms with E-state index in [1.165, 1.54) is 0 Å². The van der Waals surface area contributed by atoms with Gasteiger partial charge in [-0.05, 0) is 30.6 Å². The molecule has 20 heavy (non-hydrogen) atoms. The van der Waals surface area contributed by atoms with Crippen molar-refractivity contribution < 1.29 is 14.7 Å². The first-order valence-electron chi connectivity index (χ1n) is 7.57. The third-order valence-electron chi connectivity index (χ3n) is 5.26. The lowest BCUT2D eigenvalue weighted by molar-refractivity contribution is -0.149. The Morgan fingerprint density at radius 1 is 1.45 bits per heavy atom. The van der Waals surface area contributed by atoms with Crippen LogP contribution in [-0.2, 0) is 4.79 Å². The van der Waals surface area contributed by atoms with Crippen LogP contribution >= 0.6 is 0 Å². The number of nitrogens with zero attached hydrogens (tertiary/aromatic N) is 1. The largest absolute Gasteiger partial charge is 0.481 e. The minimum Gasteiger partial charge on any atom is -0.481 e. The predicted octanol–water partition coefficient (Wildman–Crippen LogP) is 2.32. The monoisotopic (exact) mass is 282 g/mol. The molecule has 2 atom stereocenters. The zero-order valence-corrected chi connectivity index (χ0v) is 12.7. The summed E-state index contributed by atoms with van der Waals surface area (Å²) in [6.07, 6.45) is 3.60. The number of aliphatic carboxylic acids is 1. The molecule has 1 heterocycles. The second kappa shape index (κ2) is 5.26. The Kier molecular flexibility index (Phi) is 3.98. The van der Waals surface area contributed by atoms with Gasteiger partial charge in [-0.15, -0.1) is 0 Å². The van der Waals surface area contributed by atoms with Crippen molar-refractivity contribution in [3.05, 3.63) is 0 Å². The van der Waals surface area contributed by atoms with Crippen LogP contribution in [0.25, 0.3) is 0 Å². The minimum absolute atomic E-state index is 0.0791. The molecule has 1 aliphatic heterocycles. The number of likely N-dealkylation sites (tertiary alicyclic amines) is 1. The van der Waals surface area contributed by atoms with Gasteiger partial charge in [-0.25, -0.2) is 4.79 Å². The fourth-order valence-corrected chi connectivity index (χ4v) is 3.35. The van der Waals surface area contributed by atoms with Gasteiger partial charge in [-0.3, -0.25) is 4.79 Å². The highest BCUT2D eigenvalue weighted by atomic mass is 16.4. The quantitative estimate of drug-likeness (QED) is 0.831. The average molecular weight is 282 g/mol. The van der Waals surface area contributed by atoms with Crippen LogP contribution in [0.5, 0.6) is 0 Å². The van der Waals surface area contributed by atoms with E-state index in [4.69, 9.17) is 0 Å². The van der Waals surface area contributed by atoms with Gasteiger partial charge in [0.05, 0.1) is 5.41 Å². The average Bonchev–Trinajstić information content (AvgIpc) is 2.93. The summed E-state index contributed by atoms with van der Waals surface area (Å²) in [7, 11) is 0. The predicted molar refractivity (Wildman–Crippen MR) is 76.5 cm³/mol. The lowest BCUT2D eigenvalue weighted by Crippen LogP contribution is -2.44. The van der Waals surface area contributed by atoms with Gasteiger partial charge >= 0.3 is 12.0 Å². The second-order valence-electron chi connectivity index (χ2n) is 7.11. The molecule has 0 aromatic rings. The molecule has 0 aromatic heterocycles. The van der Waals surface area contributed by atoms with Gasteiger partial charge in [-0.1, -0.05) is 27.2 Å². The molecule has 1 saturated carbocycles. The van der Waals surface area contributed by atoms with Crippen molar-refractivity contribution in [3.8, 4) is 0 Å². The third-order valence-corrected chi connectivity index (χ3v) is 5.26. The maximum absolute atomic E-state index is 12.2. The van der Waals surface area contributed by atoms with Crippen LogP contribution < -0.4 is 5.32 Å². The highest BCUT2D eigenvalue weighted by molar-refractivity contribution is 5.80. The van der Waals surface area contributed by atoms with Crippen molar-refractivity contribution in [2.75, 3.05) is 19.6 Å². The smallest absolute Gasteiger partial charge is 0.317 e. The first-order valence-corrected chi connectivity index (χ1v) is 7.57. The fraction of sp³-hybridized carbons (Fsp3) is 0.867. The van der Waals surface area contributed by atoms with E-state index in [1.54, 1.807) is 4.90 Å². The summed E-state index contributed by atoms with van der Waals surface area (Å²) in [4.78, 5) is 25.5. The molecule has 0 radical (unpaired) electrons. The SMILES string of the molecule is CCC(C)(C)CNC(=O)N1C[C@@H]2CCC[C@@]2(C(=O)O)C1. The molecular weight excluding hydrogens is 256 g/mol. The van der Waals surface area contributed by atoms with Gasteiger partial charge in [0, 0.05) is 19.6 Å². The molecular formula is C15H26N2O3. The molecule has 2 N–H and O–H groups in total. The number of carboxylic acids is 1. The van der Waals surface area contributed by atoms with E-state index in [-0.39, 0.29) is 17.4 Å². The summed E-state index contributed by atoms with van der Waals surface area (Å²) in [5.41, 5.74) is -0.604. The Balaban J connectivity index is 1.96. The number of fused-ring (bicyclic) bond motifs is 1. The molecule has 1 saturated heterocycles. The van der Waals surface area contributed by atoms with Crippen molar-refractivity contribution in [3.63, 3.8) is 0 Å². The van der Waals surface area contributed by atoms with Crippen molar-refractivity contribution in [2.45, 2.75) is 46.5 Å². The number of urea groups is 1. The fourth-order valence-electron chi connectivity index (χ4n) is 3.35. The summed E-state index contributed by atoms with van der Waals surface area (Å²) >= 11 is 0. The topological polar surface area (TPSA) is 69.6 Å². The van der Waals surface area contributed by atoms with Gasteiger partial charge in [0.25, 0.3) is 0 Å². The van der Waals surface area contributed by atoms with E-state index in [0.29, 0.717) is 26.1 Å². The van der Waals surface area contributed by atoms with E-state index in [1.807, 2.05) is 0 Å². The lowest BCUT2D eigenvalue weighted by Gasteiger charge is -2.26. The Labute approximate surface area is 120 Å². The first-order chi connectivity index (χ1) is 9.31. The van der Waals surface area contributed by atoms with E-state index >= 15 is 0 Å². The number of nitrogens with one attached hydrogen (secondary N) is 1. The van der Waals surface area contributed by atoms with Gasteiger partial charge in [0.2, 0.25) is 0 Å². The molecule has 5 heteroatoms. The van der Waals surface area contributed by atoms with Crippen molar-refractivity contribution >= 4 is 12.0 Å². The summed E-state index contributed by atoms with van der Waals surface area (Å²) < 4.78 is 0. The van der Waals surface area contributed by atoms with E-state index < -0.39 is 11.4 Å². The van der Waals surface area contributed by atoms with Crippen molar-refractivity contribution in [1.82, 2.24) is 10.2 Å². The highest BCUT2D eigenvalue weighted by Gasteiger charge is 2.55. The number of amides is 2. The molecule has 0 bridgehead atoms. The molecule has 2 fully saturated rings. The van der Waals surface area contributed by atoms with Crippen molar-refractivity contribution in [2.24, 2.45) is 16.7 Å². The molecule has 5 nitrogen and oxygen atoms in total. The maximum Gasteiger partial charge on any atom is 0.317 e. The van der Waals surface area contributed by atoms with Gasteiger partial charge < -0.3 is 15.3 Å². The number of hydrogen-bond donors (Lipinski definition) is 2. The number of carbonyl (C=O) groups is 2. The second-order valence-corrected chi connectivity index (χ2v) is 7.11. The lowest BCUT2D eigenvalue weighted by atomic mass is 9.81. The zero-order chi connectivity index (χ0) is 15.0. The van der Waals surface area contributed by atoms with Gasteiger partial charge in [0.15, 0.2) is 0 Å². The molecule has 1 aliphatic carbocycles. The van der Waals surface area contributed by atoms with E-state index in [0.717, 1.165) is 19.3 Å². The maximum atomic E-state index is 12.2. The number of carboxylic acid groups (broad SMARTS) is 1. The Hall–Kier alpha value is -1.26. The van der Waals surface area contributed by atoms with Crippen LogP contribution in [0, 0.1) is 16.7 Å². The molecule has 0 spiro atoms. The number of hydrogen-bond acceptors (Lipinski definition) is 2. The summed E-state index contributed by atoms with van der Waals surface area (Å²) in [6, 6.07) is -0.110. The Morgan fingerprint density at radius 3 is 2.70 bits per heavy atom. The van der Waals surface area contributed by atoms with Gasteiger partial charge in [0.1, 0.15) is 0 Å². The van der Waals surface area contributed by atoms with Crippen LogP contribution in [0.3, 0.4) is 0 Å². The first kappa shape index (κ1) is 15.1. The molecule has 2 rings (SSSR count).